The lowest BCUT2D eigenvalue weighted by Crippen LogP contribution is -2.17. The van der Waals surface area contributed by atoms with Crippen LogP contribution in [-0.2, 0) is 6.54 Å². The molecule has 152 valence electrons. The molecule has 0 aliphatic heterocycles. The first kappa shape index (κ1) is 20.2. The number of phenolic OH excluding ortho intramolecular Hbond substituents is 1. The maximum atomic E-state index is 12.8. The van der Waals surface area contributed by atoms with Crippen LogP contribution in [-0.4, -0.2) is 23.3 Å². The van der Waals surface area contributed by atoms with Crippen LogP contribution >= 0.6 is 0 Å². The molecular weight excluding hydrogens is 392 g/mol. The molecule has 0 atom stereocenters. The first-order valence-electron chi connectivity index (χ1n) is 8.41. The molecule has 0 amide bonds. The molecule has 0 aliphatic rings. The number of aromatic nitrogens is 1. The van der Waals surface area contributed by atoms with Crippen LogP contribution in [0.5, 0.6) is 17.2 Å². The fraction of sp³-hybridized carbons (Fsp3) is 0.150. The van der Waals surface area contributed by atoms with Crippen LogP contribution in [0.4, 0.5) is 28.9 Å². The minimum atomic E-state index is -3.22. The highest BCUT2D eigenvalue weighted by atomic mass is 19.3. The van der Waals surface area contributed by atoms with Gasteiger partial charge in [0.05, 0.1) is 0 Å². The van der Waals surface area contributed by atoms with Gasteiger partial charge in [-0.05, 0) is 48.0 Å². The molecule has 0 unspecified atom stereocenters. The van der Waals surface area contributed by atoms with E-state index in [1.54, 1.807) is 35.5 Å². The number of hydrogen-bond donors (Lipinski definition) is 1. The Morgan fingerprint density at radius 2 is 1.52 bits per heavy atom. The highest BCUT2D eigenvalue weighted by Gasteiger charge is 2.18. The molecule has 0 bridgehead atoms. The van der Waals surface area contributed by atoms with E-state index >= 15 is 0 Å². The van der Waals surface area contributed by atoms with Gasteiger partial charge in [-0.15, -0.1) is 0 Å². The van der Waals surface area contributed by atoms with Gasteiger partial charge in [0.15, 0.2) is 11.5 Å². The summed E-state index contributed by atoms with van der Waals surface area (Å²) in [6, 6.07) is 13.5. The first-order chi connectivity index (χ1) is 13.9. The summed E-state index contributed by atoms with van der Waals surface area (Å²) in [7, 11) is 0. The molecular formula is C20H16F4N2O3. The third kappa shape index (κ3) is 5.50. The van der Waals surface area contributed by atoms with E-state index in [1.165, 1.54) is 24.3 Å². The van der Waals surface area contributed by atoms with E-state index in [0.29, 0.717) is 17.9 Å². The Kier molecular flexibility index (Phi) is 6.38. The minimum Gasteiger partial charge on any atom is -0.508 e. The Morgan fingerprint density at radius 1 is 0.862 bits per heavy atom. The highest BCUT2D eigenvalue weighted by Crippen LogP contribution is 2.37. The molecule has 2 aromatic carbocycles. The molecule has 3 aromatic rings. The smallest absolute Gasteiger partial charge is 0.387 e. The van der Waals surface area contributed by atoms with Crippen LogP contribution in [0.25, 0.3) is 0 Å². The van der Waals surface area contributed by atoms with Gasteiger partial charge in [0.2, 0.25) is 0 Å². The van der Waals surface area contributed by atoms with Crippen molar-refractivity contribution >= 4 is 11.4 Å². The number of pyridine rings is 1. The molecule has 0 spiro atoms. The van der Waals surface area contributed by atoms with Crippen LogP contribution in [0.3, 0.4) is 0 Å². The summed E-state index contributed by atoms with van der Waals surface area (Å²) < 4.78 is 59.3. The van der Waals surface area contributed by atoms with Crippen LogP contribution in [0.2, 0.25) is 0 Å². The molecule has 1 heterocycles. The Hall–Kier alpha value is -3.49. The van der Waals surface area contributed by atoms with E-state index in [-0.39, 0.29) is 5.75 Å². The van der Waals surface area contributed by atoms with Crippen LogP contribution in [0.15, 0.2) is 67.0 Å². The second kappa shape index (κ2) is 9.13. The standard InChI is InChI=1S/C20H16F4N2O3/c21-19(22)28-17-8-5-15(10-18(17)29-20(23)24)26(12-13-2-1-9-25-11-13)14-3-6-16(27)7-4-14/h1-11,19-20,27H,12H2. The molecule has 0 radical (unpaired) electrons. The second-order valence-corrected chi connectivity index (χ2v) is 5.85. The third-order valence-corrected chi connectivity index (χ3v) is 3.90. The summed E-state index contributed by atoms with van der Waals surface area (Å²) in [4.78, 5) is 5.77. The quantitative estimate of drug-likeness (QED) is 0.511. The van der Waals surface area contributed by atoms with Gasteiger partial charge in [0.1, 0.15) is 5.75 Å². The summed E-state index contributed by atoms with van der Waals surface area (Å²) >= 11 is 0. The predicted molar refractivity (Wildman–Crippen MR) is 97.9 cm³/mol. The van der Waals surface area contributed by atoms with Crippen molar-refractivity contribution in [3.63, 3.8) is 0 Å². The van der Waals surface area contributed by atoms with Gasteiger partial charge in [0.25, 0.3) is 0 Å². The lowest BCUT2D eigenvalue weighted by Gasteiger charge is -2.26. The van der Waals surface area contributed by atoms with Gasteiger partial charge in [0, 0.05) is 36.4 Å². The Labute approximate surface area is 163 Å². The maximum Gasteiger partial charge on any atom is 0.387 e. The topological polar surface area (TPSA) is 54.8 Å². The number of anilines is 2. The van der Waals surface area contributed by atoms with Gasteiger partial charge < -0.3 is 19.5 Å². The van der Waals surface area contributed by atoms with Crippen LogP contribution in [0.1, 0.15) is 5.56 Å². The molecule has 0 aliphatic carbocycles. The lowest BCUT2D eigenvalue weighted by molar-refractivity contribution is -0.0692. The third-order valence-electron chi connectivity index (χ3n) is 3.90. The molecule has 5 nitrogen and oxygen atoms in total. The SMILES string of the molecule is Oc1ccc(N(Cc2cccnc2)c2ccc(OC(F)F)c(OC(F)F)c2)cc1. The van der Waals surface area contributed by atoms with E-state index in [0.717, 1.165) is 11.6 Å². The summed E-state index contributed by atoms with van der Waals surface area (Å²) in [5, 5.41) is 9.54. The fourth-order valence-electron chi connectivity index (χ4n) is 2.68. The Morgan fingerprint density at radius 3 is 2.14 bits per heavy atom. The van der Waals surface area contributed by atoms with Gasteiger partial charge in [-0.25, -0.2) is 0 Å². The number of halogens is 4. The maximum absolute atomic E-state index is 12.8. The van der Waals surface area contributed by atoms with Crippen molar-refractivity contribution in [2.45, 2.75) is 19.8 Å². The second-order valence-electron chi connectivity index (χ2n) is 5.85. The molecule has 0 fully saturated rings. The molecule has 0 saturated heterocycles. The Bertz CT molecular complexity index is 925. The zero-order valence-corrected chi connectivity index (χ0v) is 14.9. The van der Waals surface area contributed by atoms with Gasteiger partial charge in [-0.1, -0.05) is 6.07 Å². The van der Waals surface area contributed by atoms with Gasteiger partial charge in [-0.3, -0.25) is 4.98 Å². The summed E-state index contributed by atoms with van der Waals surface area (Å²) in [5.41, 5.74) is 1.82. The van der Waals surface area contributed by atoms with Crippen LogP contribution < -0.4 is 14.4 Å². The molecule has 1 N–H and O–H groups in total. The zero-order valence-electron chi connectivity index (χ0n) is 14.9. The monoisotopic (exact) mass is 408 g/mol. The van der Waals surface area contributed by atoms with E-state index in [1.807, 2.05) is 6.07 Å². The summed E-state index contributed by atoms with van der Waals surface area (Å²) in [6.07, 6.45) is 3.25. The highest BCUT2D eigenvalue weighted by molar-refractivity contribution is 5.67. The molecule has 9 heteroatoms. The van der Waals surface area contributed by atoms with E-state index < -0.39 is 24.7 Å². The van der Waals surface area contributed by atoms with Gasteiger partial charge >= 0.3 is 13.2 Å². The molecule has 29 heavy (non-hydrogen) atoms. The minimum absolute atomic E-state index is 0.0532. The van der Waals surface area contributed by atoms with Crippen molar-refractivity contribution in [3.05, 3.63) is 72.6 Å². The predicted octanol–water partition coefficient (Wildman–Crippen LogP) is 5.33. The first-order valence-corrected chi connectivity index (χ1v) is 8.41. The normalized spacial score (nSPS) is 11.0. The average Bonchev–Trinajstić information content (AvgIpc) is 2.68. The van der Waals surface area contributed by atoms with E-state index in [2.05, 4.69) is 14.5 Å². The average molecular weight is 408 g/mol. The van der Waals surface area contributed by atoms with Crippen molar-refractivity contribution in [2.75, 3.05) is 4.90 Å². The molecule has 3 rings (SSSR count). The number of ether oxygens (including phenoxy) is 2. The number of benzene rings is 2. The van der Waals surface area contributed by atoms with Crippen molar-refractivity contribution < 1.29 is 32.1 Å². The van der Waals surface area contributed by atoms with E-state index in [9.17, 15) is 22.7 Å². The number of nitrogens with zero attached hydrogens (tertiary/aromatic N) is 2. The number of rotatable bonds is 8. The van der Waals surface area contributed by atoms with Crippen molar-refractivity contribution in [1.82, 2.24) is 4.98 Å². The van der Waals surface area contributed by atoms with Crippen molar-refractivity contribution in [3.8, 4) is 17.2 Å². The number of aromatic hydroxyl groups is 1. The van der Waals surface area contributed by atoms with Crippen molar-refractivity contribution in [1.29, 1.82) is 0 Å². The Balaban J connectivity index is 2.02. The summed E-state index contributed by atoms with van der Waals surface area (Å²) in [5.74, 6) is -0.971. The zero-order chi connectivity index (χ0) is 20.8. The lowest BCUT2D eigenvalue weighted by atomic mass is 10.1. The molecule has 0 saturated carbocycles. The number of phenols is 1. The van der Waals surface area contributed by atoms with Crippen LogP contribution in [0, 0.1) is 0 Å². The molecule has 1 aromatic heterocycles. The summed E-state index contributed by atoms with van der Waals surface area (Å²) in [6.45, 7) is -6.11. The van der Waals surface area contributed by atoms with Crippen molar-refractivity contribution in [2.24, 2.45) is 0 Å². The number of hydrogen-bond acceptors (Lipinski definition) is 5. The van der Waals surface area contributed by atoms with Gasteiger partial charge in [-0.2, -0.15) is 17.6 Å². The fourth-order valence-corrected chi connectivity index (χ4v) is 2.68. The van der Waals surface area contributed by atoms with E-state index in [4.69, 9.17) is 0 Å². The largest absolute Gasteiger partial charge is 0.508 e. The number of alkyl halides is 4.